The lowest BCUT2D eigenvalue weighted by Gasteiger charge is -2.34. The van der Waals surface area contributed by atoms with Crippen molar-refractivity contribution in [3.63, 3.8) is 0 Å². The summed E-state index contributed by atoms with van der Waals surface area (Å²) in [7, 11) is 0. The third kappa shape index (κ3) is 3.98. The van der Waals surface area contributed by atoms with Crippen LogP contribution in [-0.4, -0.2) is 60.5 Å². The van der Waals surface area contributed by atoms with Gasteiger partial charge in [-0.1, -0.05) is 29.0 Å². The summed E-state index contributed by atoms with van der Waals surface area (Å²) in [4.78, 5) is 53.4. The van der Waals surface area contributed by atoms with Gasteiger partial charge in [-0.25, -0.2) is 4.68 Å². The molecule has 37 heavy (non-hydrogen) atoms. The van der Waals surface area contributed by atoms with Gasteiger partial charge in [-0.05, 0) is 61.6 Å². The maximum absolute atomic E-state index is 13.3. The van der Waals surface area contributed by atoms with Crippen LogP contribution in [0.2, 0.25) is 0 Å². The molecule has 0 aliphatic carbocycles. The van der Waals surface area contributed by atoms with E-state index in [1.807, 2.05) is 17.9 Å². The Kier molecular flexibility index (Phi) is 5.40. The van der Waals surface area contributed by atoms with Crippen molar-refractivity contribution in [2.24, 2.45) is 0 Å². The normalized spacial score (nSPS) is 21.1. The van der Waals surface area contributed by atoms with E-state index in [0.717, 1.165) is 17.5 Å². The zero-order valence-corrected chi connectivity index (χ0v) is 20.6. The van der Waals surface area contributed by atoms with Crippen molar-refractivity contribution >= 4 is 23.6 Å². The number of nitrogens with zero attached hydrogens (tertiary/aromatic N) is 5. The molecule has 2 unspecified atom stereocenters. The quantitative estimate of drug-likeness (QED) is 0.552. The number of rotatable bonds is 3. The third-order valence-electron chi connectivity index (χ3n) is 7.49. The number of carbonyl (C=O) groups excluding carboxylic acids is 4. The first-order valence-electron chi connectivity index (χ1n) is 12.4. The number of piperidine rings is 1. The Morgan fingerprint density at radius 1 is 1.03 bits per heavy atom. The van der Waals surface area contributed by atoms with Crippen LogP contribution >= 0.6 is 0 Å². The largest absolute Gasteiger partial charge is 0.330 e. The molecule has 0 radical (unpaired) electrons. The first-order valence-corrected chi connectivity index (χ1v) is 12.4. The molecular formula is C27H26N6O4. The Bertz CT molecular complexity index is 1480. The van der Waals surface area contributed by atoms with Crippen LogP contribution in [0.25, 0.3) is 5.69 Å². The number of benzene rings is 2. The second kappa shape index (κ2) is 8.65. The van der Waals surface area contributed by atoms with Gasteiger partial charge in [0.05, 0.1) is 11.9 Å². The van der Waals surface area contributed by atoms with Crippen LogP contribution < -0.4 is 5.32 Å². The molecule has 0 spiro atoms. The van der Waals surface area contributed by atoms with Gasteiger partial charge in [0.2, 0.25) is 11.8 Å². The number of hydrogen-bond donors (Lipinski definition) is 1. The zero-order valence-electron chi connectivity index (χ0n) is 20.6. The first kappa shape index (κ1) is 23.1. The average Bonchev–Trinajstić information content (AvgIpc) is 3.48. The van der Waals surface area contributed by atoms with E-state index < -0.39 is 11.9 Å². The van der Waals surface area contributed by atoms with Gasteiger partial charge < -0.3 is 9.80 Å². The van der Waals surface area contributed by atoms with Gasteiger partial charge in [0, 0.05) is 31.1 Å². The minimum atomic E-state index is -0.669. The molecule has 0 bridgehead atoms. The number of fused-ring (bicyclic) bond motifs is 2. The van der Waals surface area contributed by atoms with Crippen molar-refractivity contribution in [1.82, 2.24) is 30.1 Å². The fraction of sp³-hybridized carbons (Fsp3) is 0.333. The summed E-state index contributed by atoms with van der Waals surface area (Å²) in [5.41, 5.74) is 5.82. The monoisotopic (exact) mass is 498 g/mol. The molecule has 1 saturated heterocycles. The van der Waals surface area contributed by atoms with Crippen LogP contribution in [0.5, 0.6) is 0 Å². The van der Waals surface area contributed by atoms with E-state index in [-0.39, 0.29) is 42.4 Å². The van der Waals surface area contributed by atoms with Crippen molar-refractivity contribution < 1.29 is 19.2 Å². The van der Waals surface area contributed by atoms with Crippen LogP contribution in [0, 0.1) is 6.92 Å². The molecule has 4 amide bonds. The summed E-state index contributed by atoms with van der Waals surface area (Å²) in [6, 6.07) is 11.0. The van der Waals surface area contributed by atoms with Crippen LogP contribution in [0.15, 0.2) is 42.6 Å². The lowest BCUT2D eigenvalue weighted by atomic mass is 9.93. The van der Waals surface area contributed by atoms with E-state index in [2.05, 4.69) is 40.8 Å². The number of imide groups is 1. The number of nitrogens with one attached hydrogen (secondary N) is 1. The summed E-state index contributed by atoms with van der Waals surface area (Å²) in [6.45, 7) is 4.90. The molecule has 10 nitrogen and oxygen atoms in total. The highest BCUT2D eigenvalue weighted by molar-refractivity contribution is 6.05. The van der Waals surface area contributed by atoms with E-state index in [4.69, 9.17) is 0 Å². The van der Waals surface area contributed by atoms with Gasteiger partial charge in [0.25, 0.3) is 11.8 Å². The highest BCUT2D eigenvalue weighted by Crippen LogP contribution is 2.29. The number of aromatic nitrogens is 3. The third-order valence-corrected chi connectivity index (χ3v) is 7.49. The fourth-order valence-corrected chi connectivity index (χ4v) is 5.48. The van der Waals surface area contributed by atoms with E-state index in [9.17, 15) is 19.2 Å². The molecule has 6 rings (SSSR count). The van der Waals surface area contributed by atoms with Gasteiger partial charge >= 0.3 is 0 Å². The Morgan fingerprint density at radius 2 is 1.86 bits per heavy atom. The van der Waals surface area contributed by atoms with E-state index in [0.29, 0.717) is 24.2 Å². The predicted molar refractivity (Wildman–Crippen MR) is 132 cm³/mol. The number of hydrogen-bond acceptors (Lipinski definition) is 6. The SMILES string of the molecule is Cc1ccc2c(c1)CC(C)N(C(=O)c1cn(-c3ccc4c(c3)CN(C3CCC(=O)NC3=O)C4=O)nn1)C2. The Balaban J connectivity index is 1.20. The van der Waals surface area contributed by atoms with E-state index in [1.165, 1.54) is 20.7 Å². The molecule has 10 heteroatoms. The molecular weight excluding hydrogens is 472 g/mol. The number of carbonyl (C=O) groups is 4. The van der Waals surface area contributed by atoms with Crippen molar-refractivity contribution in [1.29, 1.82) is 0 Å². The Hall–Kier alpha value is -4.34. The van der Waals surface area contributed by atoms with Crippen LogP contribution in [0.4, 0.5) is 0 Å². The van der Waals surface area contributed by atoms with Crippen LogP contribution in [0.1, 0.15) is 62.9 Å². The fourth-order valence-electron chi connectivity index (χ4n) is 5.48. The molecule has 188 valence electrons. The summed E-state index contributed by atoms with van der Waals surface area (Å²) < 4.78 is 1.53. The highest BCUT2D eigenvalue weighted by Gasteiger charge is 2.39. The Labute approximate surface area is 213 Å². The highest BCUT2D eigenvalue weighted by atomic mass is 16.2. The lowest BCUT2D eigenvalue weighted by Crippen LogP contribution is -2.52. The van der Waals surface area contributed by atoms with Gasteiger partial charge in [-0.2, -0.15) is 0 Å². The van der Waals surface area contributed by atoms with Gasteiger partial charge in [-0.15, -0.1) is 5.10 Å². The van der Waals surface area contributed by atoms with Gasteiger partial charge in [0.15, 0.2) is 5.69 Å². The van der Waals surface area contributed by atoms with Crippen molar-refractivity contribution in [3.8, 4) is 5.69 Å². The maximum atomic E-state index is 13.3. The topological polar surface area (TPSA) is 118 Å². The summed E-state index contributed by atoms with van der Waals surface area (Å²) >= 11 is 0. The first-order chi connectivity index (χ1) is 17.8. The summed E-state index contributed by atoms with van der Waals surface area (Å²) in [5, 5.41) is 10.6. The zero-order chi connectivity index (χ0) is 25.8. The van der Waals surface area contributed by atoms with Crippen molar-refractivity contribution in [3.05, 3.63) is 76.1 Å². The minimum Gasteiger partial charge on any atom is -0.330 e. The summed E-state index contributed by atoms with van der Waals surface area (Å²) in [6.07, 6.45) is 2.92. The standard InChI is InChI=1S/C27H26N6O4/c1-15-3-4-17-12-31(16(2)10-18(17)9-15)27(37)22-14-33(30-29-22)20-5-6-21-19(11-20)13-32(26(21)36)23-7-8-24(34)28-25(23)35/h3-6,9,11,14,16,23H,7-8,10,12-13H2,1-2H3,(H,28,34,35). The van der Waals surface area contributed by atoms with Crippen molar-refractivity contribution in [2.75, 3.05) is 0 Å². The molecule has 1 N–H and O–H groups in total. The number of aryl methyl sites for hydroxylation is 1. The lowest BCUT2D eigenvalue weighted by molar-refractivity contribution is -0.136. The molecule has 1 aromatic heterocycles. The van der Waals surface area contributed by atoms with E-state index in [1.54, 1.807) is 18.3 Å². The Morgan fingerprint density at radius 3 is 2.68 bits per heavy atom. The molecule has 2 atom stereocenters. The second-order valence-electron chi connectivity index (χ2n) is 10.0. The molecule has 4 heterocycles. The molecule has 1 fully saturated rings. The molecule has 2 aromatic carbocycles. The number of amides is 4. The average molecular weight is 499 g/mol. The molecule has 3 aliphatic rings. The smallest absolute Gasteiger partial charge is 0.276 e. The molecule has 3 aliphatic heterocycles. The minimum absolute atomic E-state index is 0.0382. The summed E-state index contributed by atoms with van der Waals surface area (Å²) in [5.74, 6) is -1.17. The molecule has 0 saturated carbocycles. The van der Waals surface area contributed by atoms with Crippen molar-refractivity contribution in [2.45, 2.75) is 58.3 Å². The van der Waals surface area contributed by atoms with Gasteiger partial charge in [0.1, 0.15) is 6.04 Å². The van der Waals surface area contributed by atoms with E-state index >= 15 is 0 Å². The maximum Gasteiger partial charge on any atom is 0.276 e. The van der Waals surface area contributed by atoms with Crippen LogP contribution in [-0.2, 0) is 29.1 Å². The second-order valence-corrected chi connectivity index (χ2v) is 10.0. The molecule has 3 aromatic rings. The van der Waals surface area contributed by atoms with Gasteiger partial charge in [-0.3, -0.25) is 24.5 Å². The van der Waals surface area contributed by atoms with Crippen LogP contribution in [0.3, 0.4) is 0 Å². The predicted octanol–water partition coefficient (Wildman–Crippen LogP) is 1.92.